The summed E-state index contributed by atoms with van der Waals surface area (Å²) in [6, 6.07) is 3.59. The molecule has 1 aromatic heterocycles. The first-order chi connectivity index (χ1) is 9.76. The Kier molecular flexibility index (Phi) is 4.05. The van der Waals surface area contributed by atoms with Crippen molar-refractivity contribution in [2.45, 2.75) is 63.7 Å². The molecule has 0 aliphatic carbocycles. The smallest absolute Gasteiger partial charge is 0.224 e. The number of piperidine rings is 1. The number of aromatic nitrogens is 2. The van der Waals surface area contributed by atoms with Gasteiger partial charge in [-0.15, -0.1) is 0 Å². The molecule has 1 aromatic rings. The lowest BCUT2D eigenvalue weighted by molar-refractivity contribution is -0.134. The van der Waals surface area contributed by atoms with Gasteiger partial charge in [-0.25, -0.2) is 0 Å². The number of carbonyl (C=O) groups is 1. The van der Waals surface area contributed by atoms with Gasteiger partial charge in [0.2, 0.25) is 5.91 Å². The van der Waals surface area contributed by atoms with Gasteiger partial charge >= 0.3 is 0 Å². The molecule has 5 heteroatoms. The van der Waals surface area contributed by atoms with Gasteiger partial charge < -0.3 is 10.2 Å². The summed E-state index contributed by atoms with van der Waals surface area (Å²) in [5.74, 6) is 0.273. The van der Waals surface area contributed by atoms with Gasteiger partial charge in [0.15, 0.2) is 0 Å². The van der Waals surface area contributed by atoms with Gasteiger partial charge in [-0.3, -0.25) is 9.48 Å². The molecule has 2 aliphatic rings. The number of amides is 1. The molecule has 2 fully saturated rings. The van der Waals surface area contributed by atoms with E-state index in [2.05, 4.69) is 22.2 Å². The third kappa shape index (κ3) is 2.87. The monoisotopic (exact) mass is 276 g/mol. The minimum absolute atomic E-state index is 0.273. The highest BCUT2D eigenvalue weighted by Crippen LogP contribution is 2.30. The minimum Gasteiger partial charge on any atom is -0.340 e. The van der Waals surface area contributed by atoms with Gasteiger partial charge in [-0.1, -0.05) is 0 Å². The maximum absolute atomic E-state index is 12.5. The zero-order valence-electron chi connectivity index (χ0n) is 12.2. The van der Waals surface area contributed by atoms with Gasteiger partial charge in [0.25, 0.3) is 0 Å². The van der Waals surface area contributed by atoms with Gasteiger partial charge in [-0.2, -0.15) is 5.10 Å². The van der Waals surface area contributed by atoms with E-state index in [-0.39, 0.29) is 5.91 Å². The second-order valence-electron chi connectivity index (χ2n) is 5.96. The van der Waals surface area contributed by atoms with Crippen LogP contribution in [-0.4, -0.2) is 45.3 Å². The lowest BCUT2D eigenvalue weighted by Gasteiger charge is -2.37. The van der Waals surface area contributed by atoms with Crippen molar-refractivity contribution in [2.75, 3.05) is 6.54 Å². The predicted octanol–water partition coefficient (Wildman–Crippen LogP) is 1.40. The van der Waals surface area contributed by atoms with E-state index in [0.29, 0.717) is 31.1 Å². The number of rotatable bonds is 5. The summed E-state index contributed by atoms with van der Waals surface area (Å²) in [5.41, 5.74) is 0. The van der Waals surface area contributed by atoms with Crippen molar-refractivity contribution in [1.82, 2.24) is 20.0 Å². The molecule has 0 radical (unpaired) electrons. The second kappa shape index (κ2) is 5.95. The van der Waals surface area contributed by atoms with E-state index in [4.69, 9.17) is 0 Å². The average Bonchev–Trinajstić information content (AvgIpc) is 3.07. The zero-order valence-corrected chi connectivity index (χ0v) is 12.2. The first-order valence-electron chi connectivity index (χ1n) is 7.79. The SMILES string of the molecule is CCN(C(=O)CCn1cccn1)C1CC2CCC(C1)N2. The summed E-state index contributed by atoms with van der Waals surface area (Å²) in [6.45, 7) is 3.60. The van der Waals surface area contributed by atoms with Crippen LogP contribution in [0.15, 0.2) is 18.5 Å². The molecule has 1 N–H and O–H groups in total. The number of nitrogens with zero attached hydrogens (tertiary/aromatic N) is 3. The molecule has 110 valence electrons. The van der Waals surface area contributed by atoms with Crippen LogP contribution in [0.3, 0.4) is 0 Å². The maximum Gasteiger partial charge on any atom is 0.224 e. The highest BCUT2D eigenvalue weighted by Gasteiger charge is 2.36. The molecule has 1 amide bonds. The van der Waals surface area contributed by atoms with E-state index < -0.39 is 0 Å². The summed E-state index contributed by atoms with van der Waals surface area (Å²) < 4.78 is 1.83. The number of hydrogen-bond acceptors (Lipinski definition) is 3. The molecule has 3 rings (SSSR count). The van der Waals surface area contributed by atoms with Gasteiger partial charge in [-0.05, 0) is 38.7 Å². The van der Waals surface area contributed by atoms with Gasteiger partial charge in [0, 0.05) is 50.0 Å². The highest BCUT2D eigenvalue weighted by atomic mass is 16.2. The number of nitrogens with one attached hydrogen (secondary N) is 1. The highest BCUT2D eigenvalue weighted by molar-refractivity contribution is 5.76. The fraction of sp³-hybridized carbons (Fsp3) is 0.733. The fourth-order valence-corrected chi connectivity index (χ4v) is 3.71. The van der Waals surface area contributed by atoms with E-state index in [1.165, 1.54) is 12.8 Å². The van der Waals surface area contributed by atoms with Crippen molar-refractivity contribution in [1.29, 1.82) is 0 Å². The van der Waals surface area contributed by atoms with Crippen LogP contribution in [0.2, 0.25) is 0 Å². The number of hydrogen-bond donors (Lipinski definition) is 1. The van der Waals surface area contributed by atoms with Crippen molar-refractivity contribution >= 4 is 5.91 Å². The van der Waals surface area contributed by atoms with Crippen LogP contribution < -0.4 is 5.32 Å². The molecule has 2 unspecified atom stereocenters. The Bertz CT molecular complexity index is 433. The summed E-state index contributed by atoms with van der Waals surface area (Å²) >= 11 is 0. The van der Waals surface area contributed by atoms with Crippen molar-refractivity contribution in [3.8, 4) is 0 Å². The van der Waals surface area contributed by atoms with Crippen molar-refractivity contribution in [2.24, 2.45) is 0 Å². The van der Waals surface area contributed by atoms with Crippen LogP contribution >= 0.6 is 0 Å². The Morgan fingerprint density at radius 1 is 1.40 bits per heavy atom. The molecule has 2 bridgehead atoms. The fourth-order valence-electron chi connectivity index (χ4n) is 3.71. The average molecular weight is 276 g/mol. The second-order valence-corrected chi connectivity index (χ2v) is 5.96. The number of carbonyl (C=O) groups excluding carboxylic acids is 1. The largest absolute Gasteiger partial charge is 0.340 e. The van der Waals surface area contributed by atoms with Crippen LogP contribution in [0.25, 0.3) is 0 Å². The first-order valence-corrected chi connectivity index (χ1v) is 7.79. The molecule has 5 nitrogen and oxygen atoms in total. The summed E-state index contributed by atoms with van der Waals surface area (Å²) in [7, 11) is 0. The summed E-state index contributed by atoms with van der Waals surface area (Å²) in [4.78, 5) is 14.6. The molecular weight excluding hydrogens is 252 g/mol. The Morgan fingerprint density at radius 3 is 2.75 bits per heavy atom. The molecule has 2 atom stereocenters. The lowest BCUT2D eigenvalue weighted by atomic mass is 9.98. The van der Waals surface area contributed by atoms with E-state index in [0.717, 1.165) is 19.4 Å². The Labute approximate surface area is 120 Å². The Morgan fingerprint density at radius 2 is 2.15 bits per heavy atom. The molecule has 20 heavy (non-hydrogen) atoms. The van der Waals surface area contributed by atoms with E-state index in [1.54, 1.807) is 6.20 Å². The quantitative estimate of drug-likeness (QED) is 0.884. The lowest BCUT2D eigenvalue weighted by Crippen LogP contribution is -2.50. The van der Waals surface area contributed by atoms with Gasteiger partial charge in [0.05, 0.1) is 0 Å². The van der Waals surface area contributed by atoms with Crippen LogP contribution in [0.1, 0.15) is 39.0 Å². The van der Waals surface area contributed by atoms with Gasteiger partial charge in [0.1, 0.15) is 0 Å². The summed E-state index contributed by atoms with van der Waals surface area (Å²) in [5, 5.41) is 7.80. The predicted molar refractivity (Wildman–Crippen MR) is 77.2 cm³/mol. The van der Waals surface area contributed by atoms with E-state index >= 15 is 0 Å². The van der Waals surface area contributed by atoms with Crippen LogP contribution in [0.5, 0.6) is 0 Å². The van der Waals surface area contributed by atoms with Crippen molar-refractivity contribution in [3.63, 3.8) is 0 Å². The Balaban J connectivity index is 1.56. The van der Waals surface area contributed by atoms with Crippen LogP contribution in [0, 0.1) is 0 Å². The number of aryl methyl sites for hydroxylation is 1. The maximum atomic E-state index is 12.5. The standard InChI is InChI=1S/C15H24N4O/c1-2-19(14-10-12-4-5-13(11-14)17-12)15(20)6-9-18-8-3-7-16-18/h3,7-8,12-14,17H,2,4-6,9-11H2,1H3. The normalized spacial score (nSPS) is 28.6. The van der Waals surface area contributed by atoms with E-state index in [1.807, 2.05) is 16.9 Å². The number of fused-ring (bicyclic) bond motifs is 2. The Hall–Kier alpha value is -1.36. The molecule has 2 aliphatic heterocycles. The van der Waals surface area contributed by atoms with Crippen LogP contribution in [0.4, 0.5) is 0 Å². The van der Waals surface area contributed by atoms with E-state index in [9.17, 15) is 4.79 Å². The van der Waals surface area contributed by atoms with Crippen molar-refractivity contribution < 1.29 is 4.79 Å². The third-order valence-electron chi connectivity index (χ3n) is 4.66. The third-order valence-corrected chi connectivity index (χ3v) is 4.66. The zero-order chi connectivity index (χ0) is 13.9. The molecule has 2 saturated heterocycles. The molecule has 0 aromatic carbocycles. The first kappa shape index (κ1) is 13.6. The minimum atomic E-state index is 0.273. The van der Waals surface area contributed by atoms with Crippen molar-refractivity contribution in [3.05, 3.63) is 18.5 Å². The molecule has 0 spiro atoms. The van der Waals surface area contributed by atoms with Crippen LogP contribution in [-0.2, 0) is 11.3 Å². The summed E-state index contributed by atoms with van der Waals surface area (Å²) in [6.07, 6.45) is 9.02. The topological polar surface area (TPSA) is 50.2 Å². The molecule has 3 heterocycles. The molecule has 0 saturated carbocycles. The molecular formula is C15H24N4O.